The number of carbonyl (C=O) groups is 2. The van der Waals surface area contributed by atoms with Crippen molar-refractivity contribution >= 4 is 12.2 Å². The van der Waals surface area contributed by atoms with Crippen molar-refractivity contribution in [3.8, 4) is 5.75 Å². The van der Waals surface area contributed by atoms with Crippen molar-refractivity contribution in [2.75, 3.05) is 19.8 Å². The number of aryl methyl sites for hydroxylation is 1. The Morgan fingerprint density at radius 1 is 1.22 bits per heavy atom. The maximum absolute atomic E-state index is 11.6. The minimum atomic E-state index is 0.0447. The summed E-state index contributed by atoms with van der Waals surface area (Å²) in [5.41, 5.74) is 1.55. The molecule has 0 saturated heterocycles. The van der Waals surface area contributed by atoms with Crippen LogP contribution in [0.4, 0.5) is 0 Å². The minimum Gasteiger partial charge on any atom is -0.494 e. The quantitative estimate of drug-likeness (QED) is 0.458. The van der Waals surface area contributed by atoms with Gasteiger partial charge in [0.15, 0.2) is 0 Å². The zero-order chi connectivity index (χ0) is 16.9. The number of unbranched alkanes of at least 4 members (excludes halogenated alkanes) is 3. The molecule has 0 atom stereocenters. The van der Waals surface area contributed by atoms with E-state index >= 15 is 0 Å². The van der Waals surface area contributed by atoms with Gasteiger partial charge in [-0.2, -0.15) is 0 Å². The number of benzene rings is 1. The molecule has 1 rings (SSSR count). The second-order valence-electron chi connectivity index (χ2n) is 5.58. The summed E-state index contributed by atoms with van der Waals surface area (Å²) >= 11 is 0. The lowest BCUT2D eigenvalue weighted by atomic mass is 10.1. The van der Waals surface area contributed by atoms with Gasteiger partial charge in [-0.05, 0) is 49.9 Å². The second kappa shape index (κ2) is 11.7. The molecule has 5 nitrogen and oxygen atoms in total. The normalized spacial score (nSPS) is 10.3. The summed E-state index contributed by atoms with van der Waals surface area (Å²) in [6, 6.07) is 5.33. The third-order valence-electron chi connectivity index (χ3n) is 3.59. The number of nitrogens with one attached hydrogen (secondary N) is 1. The zero-order valence-corrected chi connectivity index (χ0v) is 13.8. The van der Waals surface area contributed by atoms with Gasteiger partial charge < -0.3 is 15.2 Å². The molecule has 0 saturated carbocycles. The van der Waals surface area contributed by atoms with E-state index in [0.717, 1.165) is 43.3 Å². The highest BCUT2D eigenvalue weighted by atomic mass is 16.5. The number of amides is 1. The van der Waals surface area contributed by atoms with E-state index in [0.29, 0.717) is 31.6 Å². The first kappa shape index (κ1) is 19.2. The number of hydrogen-bond donors (Lipinski definition) is 2. The van der Waals surface area contributed by atoms with Gasteiger partial charge in [0, 0.05) is 25.1 Å². The Labute approximate surface area is 138 Å². The SMILES string of the molecule is Cc1cc(OCCCC(=O)NCCCCCCO)ccc1C=O. The first-order valence-electron chi connectivity index (χ1n) is 8.23. The van der Waals surface area contributed by atoms with Crippen molar-refractivity contribution in [1.82, 2.24) is 5.32 Å². The Bertz CT molecular complexity index is 488. The molecule has 0 heterocycles. The molecular formula is C18H27NO4. The van der Waals surface area contributed by atoms with Crippen LogP contribution >= 0.6 is 0 Å². The lowest BCUT2D eigenvalue weighted by molar-refractivity contribution is -0.121. The summed E-state index contributed by atoms with van der Waals surface area (Å²) < 4.78 is 5.59. The van der Waals surface area contributed by atoms with Crippen LogP contribution in [-0.4, -0.2) is 37.1 Å². The monoisotopic (exact) mass is 321 g/mol. The average molecular weight is 321 g/mol. The van der Waals surface area contributed by atoms with E-state index in [1.807, 2.05) is 13.0 Å². The number of ether oxygens (including phenoxy) is 1. The number of aliphatic hydroxyl groups is 1. The van der Waals surface area contributed by atoms with Gasteiger partial charge in [-0.25, -0.2) is 0 Å². The number of carbonyl (C=O) groups excluding carboxylic acids is 2. The molecule has 2 N–H and O–H groups in total. The lowest BCUT2D eigenvalue weighted by Crippen LogP contribution is -2.24. The van der Waals surface area contributed by atoms with Crippen molar-refractivity contribution in [3.05, 3.63) is 29.3 Å². The van der Waals surface area contributed by atoms with Gasteiger partial charge in [0.25, 0.3) is 0 Å². The molecule has 1 amide bonds. The molecular weight excluding hydrogens is 294 g/mol. The fraction of sp³-hybridized carbons (Fsp3) is 0.556. The Hall–Kier alpha value is -1.88. The van der Waals surface area contributed by atoms with Crippen molar-refractivity contribution in [2.45, 2.75) is 45.4 Å². The molecule has 0 aliphatic carbocycles. The Kier molecular flexibility index (Phi) is 9.71. The molecule has 0 aliphatic rings. The molecule has 0 fully saturated rings. The van der Waals surface area contributed by atoms with Gasteiger partial charge in [-0.3, -0.25) is 9.59 Å². The molecule has 0 bridgehead atoms. The van der Waals surface area contributed by atoms with E-state index in [2.05, 4.69) is 5.32 Å². The highest BCUT2D eigenvalue weighted by molar-refractivity contribution is 5.77. The summed E-state index contributed by atoms with van der Waals surface area (Å²) in [4.78, 5) is 22.4. The molecule has 23 heavy (non-hydrogen) atoms. The summed E-state index contributed by atoms with van der Waals surface area (Å²) in [6.45, 7) is 3.27. The first-order valence-corrected chi connectivity index (χ1v) is 8.23. The molecule has 1 aromatic carbocycles. The third kappa shape index (κ3) is 8.35. The van der Waals surface area contributed by atoms with Crippen LogP contribution in [0.3, 0.4) is 0 Å². The molecule has 0 spiro atoms. The lowest BCUT2D eigenvalue weighted by Gasteiger charge is -2.08. The van der Waals surface area contributed by atoms with Gasteiger partial charge in [0.2, 0.25) is 5.91 Å². The second-order valence-corrected chi connectivity index (χ2v) is 5.58. The van der Waals surface area contributed by atoms with Crippen LogP contribution in [0.15, 0.2) is 18.2 Å². The molecule has 0 aromatic heterocycles. The predicted octanol–water partition coefficient (Wildman–Crippen LogP) is 2.64. The van der Waals surface area contributed by atoms with Gasteiger partial charge in [-0.1, -0.05) is 12.8 Å². The van der Waals surface area contributed by atoms with Crippen LogP contribution in [-0.2, 0) is 4.79 Å². The Balaban J connectivity index is 2.09. The van der Waals surface area contributed by atoms with E-state index in [1.54, 1.807) is 12.1 Å². The largest absolute Gasteiger partial charge is 0.494 e. The first-order chi connectivity index (χ1) is 11.2. The Morgan fingerprint density at radius 2 is 2.00 bits per heavy atom. The van der Waals surface area contributed by atoms with E-state index in [4.69, 9.17) is 9.84 Å². The number of rotatable bonds is 12. The van der Waals surface area contributed by atoms with Gasteiger partial charge in [-0.15, -0.1) is 0 Å². The fourth-order valence-electron chi connectivity index (χ4n) is 2.20. The zero-order valence-electron chi connectivity index (χ0n) is 13.8. The fourth-order valence-corrected chi connectivity index (χ4v) is 2.20. The molecule has 1 aromatic rings. The summed E-state index contributed by atoms with van der Waals surface area (Å²) in [6.07, 6.45) is 5.74. The van der Waals surface area contributed by atoms with Crippen LogP contribution in [0.1, 0.15) is 54.4 Å². The number of aliphatic hydroxyl groups excluding tert-OH is 1. The van der Waals surface area contributed by atoms with E-state index in [9.17, 15) is 9.59 Å². The van der Waals surface area contributed by atoms with Crippen LogP contribution in [0.25, 0.3) is 0 Å². The van der Waals surface area contributed by atoms with Crippen LogP contribution in [0, 0.1) is 6.92 Å². The van der Waals surface area contributed by atoms with Crippen LogP contribution in [0.2, 0.25) is 0 Å². The predicted molar refractivity (Wildman–Crippen MR) is 89.9 cm³/mol. The van der Waals surface area contributed by atoms with Gasteiger partial charge >= 0.3 is 0 Å². The topological polar surface area (TPSA) is 75.6 Å². The average Bonchev–Trinajstić information content (AvgIpc) is 2.55. The number of hydrogen-bond acceptors (Lipinski definition) is 4. The molecule has 0 radical (unpaired) electrons. The smallest absolute Gasteiger partial charge is 0.220 e. The maximum Gasteiger partial charge on any atom is 0.220 e. The highest BCUT2D eigenvalue weighted by Gasteiger charge is 2.03. The summed E-state index contributed by atoms with van der Waals surface area (Å²) in [5.74, 6) is 0.764. The van der Waals surface area contributed by atoms with Gasteiger partial charge in [0.1, 0.15) is 12.0 Å². The summed E-state index contributed by atoms with van der Waals surface area (Å²) in [7, 11) is 0. The third-order valence-corrected chi connectivity index (χ3v) is 3.59. The van der Waals surface area contributed by atoms with Crippen molar-refractivity contribution in [3.63, 3.8) is 0 Å². The summed E-state index contributed by atoms with van der Waals surface area (Å²) in [5, 5.41) is 11.5. The Morgan fingerprint density at radius 3 is 2.70 bits per heavy atom. The molecule has 0 unspecified atom stereocenters. The van der Waals surface area contributed by atoms with Crippen LogP contribution < -0.4 is 10.1 Å². The van der Waals surface area contributed by atoms with E-state index < -0.39 is 0 Å². The maximum atomic E-state index is 11.6. The standard InChI is InChI=1S/C18H27NO4/c1-15-13-17(9-8-16(15)14-21)23-12-6-7-18(22)19-10-4-2-3-5-11-20/h8-9,13-14,20H,2-7,10-12H2,1H3,(H,19,22). The van der Waals surface area contributed by atoms with E-state index in [1.165, 1.54) is 0 Å². The van der Waals surface area contributed by atoms with Crippen LogP contribution in [0.5, 0.6) is 5.75 Å². The number of aldehydes is 1. The van der Waals surface area contributed by atoms with Crippen molar-refractivity contribution < 1.29 is 19.4 Å². The van der Waals surface area contributed by atoms with Crippen molar-refractivity contribution in [1.29, 1.82) is 0 Å². The highest BCUT2D eigenvalue weighted by Crippen LogP contribution is 2.16. The van der Waals surface area contributed by atoms with Gasteiger partial charge in [0.05, 0.1) is 6.61 Å². The molecule has 5 heteroatoms. The molecule has 0 aliphatic heterocycles. The van der Waals surface area contributed by atoms with Crippen molar-refractivity contribution in [2.24, 2.45) is 0 Å². The van der Waals surface area contributed by atoms with E-state index in [-0.39, 0.29) is 12.5 Å². The minimum absolute atomic E-state index is 0.0447. The molecule has 128 valence electrons.